The molecule has 17 heavy (non-hydrogen) atoms. The molecular weight excluding hydrogens is 218 g/mol. The minimum Gasteiger partial charge on any atom is -0.458 e. The smallest absolute Gasteiger partial charge is 0.183 e. The molecular formula is C11H11N5O. The molecule has 0 aliphatic carbocycles. The predicted octanol–water partition coefficient (Wildman–Crippen LogP) is 1.76. The van der Waals surface area contributed by atoms with E-state index in [0.717, 1.165) is 12.2 Å². The van der Waals surface area contributed by atoms with Crippen LogP contribution in [-0.4, -0.2) is 19.9 Å². The van der Waals surface area contributed by atoms with Gasteiger partial charge in [0.25, 0.3) is 0 Å². The van der Waals surface area contributed by atoms with Gasteiger partial charge in [0.2, 0.25) is 0 Å². The van der Waals surface area contributed by atoms with Gasteiger partial charge in [-0.15, -0.1) is 0 Å². The number of aromatic amines is 1. The predicted molar refractivity (Wildman–Crippen MR) is 63.2 cm³/mol. The molecule has 0 spiro atoms. The van der Waals surface area contributed by atoms with Crippen LogP contribution < -0.4 is 5.73 Å². The van der Waals surface area contributed by atoms with Crippen molar-refractivity contribution in [3.8, 4) is 11.6 Å². The maximum atomic E-state index is 5.73. The van der Waals surface area contributed by atoms with Gasteiger partial charge in [0.15, 0.2) is 23.0 Å². The Hall–Kier alpha value is -2.37. The van der Waals surface area contributed by atoms with Gasteiger partial charge in [-0.1, -0.05) is 6.92 Å². The van der Waals surface area contributed by atoms with Crippen LogP contribution >= 0.6 is 0 Å². The number of hydrogen-bond acceptors (Lipinski definition) is 5. The Bertz CT molecular complexity index is 669. The highest BCUT2D eigenvalue weighted by Crippen LogP contribution is 2.23. The summed E-state index contributed by atoms with van der Waals surface area (Å²) in [7, 11) is 0. The van der Waals surface area contributed by atoms with Crippen LogP contribution in [-0.2, 0) is 6.42 Å². The van der Waals surface area contributed by atoms with Crippen LogP contribution in [0.1, 0.15) is 12.7 Å². The molecule has 0 saturated heterocycles. The van der Waals surface area contributed by atoms with Crippen LogP contribution in [0.3, 0.4) is 0 Å². The average Bonchev–Trinajstić information content (AvgIpc) is 2.95. The molecule has 0 aliphatic rings. The molecule has 0 saturated carbocycles. The summed E-state index contributed by atoms with van der Waals surface area (Å²) in [5.41, 5.74) is 6.91. The monoisotopic (exact) mass is 229 g/mol. The van der Waals surface area contributed by atoms with E-state index >= 15 is 0 Å². The molecule has 86 valence electrons. The van der Waals surface area contributed by atoms with Crippen molar-refractivity contribution < 1.29 is 4.42 Å². The number of nitrogens with zero attached hydrogens (tertiary/aromatic N) is 3. The van der Waals surface area contributed by atoms with Gasteiger partial charge in [0.1, 0.15) is 17.6 Å². The first-order valence-corrected chi connectivity index (χ1v) is 5.33. The molecule has 0 unspecified atom stereocenters. The number of hydrogen-bond donors (Lipinski definition) is 2. The quantitative estimate of drug-likeness (QED) is 0.698. The van der Waals surface area contributed by atoms with Crippen LogP contribution in [0.4, 0.5) is 5.82 Å². The Kier molecular flexibility index (Phi) is 2.07. The summed E-state index contributed by atoms with van der Waals surface area (Å²) in [5.74, 6) is 2.60. The molecule has 0 fully saturated rings. The molecule has 3 rings (SSSR count). The van der Waals surface area contributed by atoms with E-state index in [1.165, 1.54) is 6.33 Å². The lowest BCUT2D eigenvalue weighted by molar-refractivity contribution is 0.526. The van der Waals surface area contributed by atoms with E-state index in [1.54, 1.807) is 0 Å². The largest absolute Gasteiger partial charge is 0.458 e. The minimum atomic E-state index is 0.385. The fourth-order valence-corrected chi connectivity index (χ4v) is 1.66. The summed E-state index contributed by atoms with van der Waals surface area (Å²) in [6.07, 6.45) is 2.24. The topological polar surface area (TPSA) is 93.6 Å². The van der Waals surface area contributed by atoms with Crippen molar-refractivity contribution >= 4 is 17.0 Å². The summed E-state index contributed by atoms with van der Waals surface area (Å²) in [4.78, 5) is 15.3. The number of aromatic nitrogens is 4. The summed E-state index contributed by atoms with van der Waals surface area (Å²) in [5, 5.41) is 0. The van der Waals surface area contributed by atoms with Crippen LogP contribution in [0.2, 0.25) is 0 Å². The zero-order chi connectivity index (χ0) is 11.8. The van der Waals surface area contributed by atoms with Crippen molar-refractivity contribution in [2.24, 2.45) is 0 Å². The fourth-order valence-electron chi connectivity index (χ4n) is 1.66. The third-order valence-corrected chi connectivity index (χ3v) is 2.56. The zero-order valence-electron chi connectivity index (χ0n) is 9.27. The van der Waals surface area contributed by atoms with Crippen molar-refractivity contribution in [2.75, 3.05) is 5.73 Å². The second-order valence-electron chi connectivity index (χ2n) is 3.66. The first-order chi connectivity index (χ1) is 8.28. The van der Waals surface area contributed by atoms with E-state index in [1.807, 2.05) is 19.1 Å². The second-order valence-corrected chi connectivity index (χ2v) is 3.66. The number of aryl methyl sites for hydroxylation is 1. The van der Waals surface area contributed by atoms with Gasteiger partial charge >= 0.3 is 0 Å². The highest BCUT2D eigenvalue weighted by molar-refractivity contribution is 5.83. The van der Waals surface area contributed by atoms with Gasteiger partial charge in [0, 0.05) is 6.42 Å². The van der Waals surface area contributed by atoms with Gasteiger partial charge in [0.05, 0.1) is 0 Å². The number of furan rings is 1. The number of rotatable bonds is 2. The van der Waals surface area contributed by atoms with Crippen molar-refractivity contribution in [3.05, 3.63) is 24.2 Å². The Morgan fingerprint density at radius 1 is 1.35 bits per heavy atom. The maximum Gasteiger partial charge on any atom is 0.183 e. The normalized spacial score (nSPS) is 11.1. The van der Waals surface area contributed by atoms with Crippen LogP contribution in [0.5, 0.6) is 0 Å². The number of anilines is 1. The molecule has 6 heteroatoms. The van der Waals surface area contributed by atoms with Gasteiger partial charge in [-0.3, -0.25) is 0 Å². The highest BCUT2D eigenvalue weighted by atomic mass is 16.3. The van der Waals surface area contributed by atoms with Crippen LogP contribution in [0, 0.1) is 0 Å². The molecule has 0 atom stereocenters. The van der Waals surface area contributed by atoms with Crippen LogP contribution in [0.15, 0.2) is 22.9 Å². The molecule has 3 heterocycles. The first kappa shape index (κ1) is 9.83. The summed E-state index contributed by atoms with van der Waals surface area (Å²) in [6.45, 7) is 2.03. The highest BCUT2D eigenvalue weighted by Gasteiger charge is 2.11. The van der Waals surface area contributed by atoms with E-state index in [2.05, 4.69) is 19.9 Å². The van der Waals surface area contributed by atoms with Crippen molar-refractivity contribution in [1.82, 2.24) is 19.9 Å². The van der Waals surface area contributed by atoms with E-state index in [0.29, 0.717) is 28.6 Å². The first-order valence-electron chi connectivity index (χ1n) is 5.33. The lowest BCUT2D eigenvalue weighted by Gasteiger charge is -1.90. The lowest BCUT2D eigenvalue weighted by Crippen LogP contribution is -1.91. The standard InChI is InChI=1S/C11H11N5O/c1-2-6-3-4-7(17-6)10-15-8-9(12)13-5-14-11(8)16-10/h3-5H,2H2,1H3,(H3,12,13,14,15,16). The Morgan fingerprint density at radius 3 is 2.94 bits per heavy atom. The van der Waals surface area contributed by atoms with Crippen molar-refractivity contribution in [3.63, 3.8) is 0 Å². The van der Waals surface area contributed by atoms with Gasteiger partial charge in [-0.2, -0.15) is 0 Å². The Morgan fingerprint density at radius 2 is 2.24 bits per heavy atom. The molecule has 6 nitrogen and oxygen atoms in total. The number of H-pyrrole nitrogens is 1. The molecule has 0 bridgehead atoms. The minimum absolute atomic E-state index is 0.385. The molecule has 0 aromatic carbocycles. The van der Waals surface area contributed by atoms with Crippen LogP contribution in [0.25, 0.3) is 22.7 Å². The van der Waals surface area contributed by atoms with E-state index in [-0.39, 0.29) is 0 Å². The summed E-state index contributed by atoms with van der Waals surface area (Å²) >= 11 is 0. The average molecular weight is 229 g/mol. The van der Waals surface area contributed by atoms with Crippen molar-refractivity contribution in [1.29, 1.82) is 0 Å². The molecule has 0 amide bonds. The third-order valence-electron chi connectivity index (χ3n) is 2.56. The Labute approximate surface area is 96.9 Å². The number of nitrogen functional groups attached to an aromatic ring is 1. The van der Waals surface area contributed by atoms with Gasteiger partial charge < -0.3 is 15.1 Å². The zero-order valence-corrected chi connectivity index (χ0v) is 9.27. The van der Waals surface area contributed by atoms with Crippen molar-refractivity contribution in [2.45, 2.75) is 13.3 Å². The fraction of sp³-hybridized carbons (Fsp3) is 0.182. The lowest BCUT2D eigenvalue weighted by atomic mass is 10.3. The van der Waals surface area contributed by atoms with E-state index < -0.39 is 0 Å². The third kappa shape index (κ3) is 1.54. The summed E-state index contributed by atoms with van der Waals surface area (Å²) in [6, 6.07) is 3.80. The molecule has 3 aromatic heterocycles. The SMILES string of the molecule is CCc1ccc(-c2nc3ncnc(N)c3[nH]2)o1. The summed E-state index contributed by atoms with van der Waals surface area (Å²) < 4.78 is 5.61. The second kappa shape index (κ2) is 3.58. The number of imidazole rings is 1. The molecule has 0 radical (unpaired) electrons. The number of nitrogens with one attached hydrogen (secondary N) is 1. The van der Waals surface area contributed by atoms with E-state index in [4.69, 9.17) is 10.2 Å². The molecule has 3 N–H and O–H groups in total. The molecule has 3 aromatic rings. The number of nitrogens with two attached hydrogens (primary N) is 1. The molecule has 0 aliphatic heterocycles. The van der Waals surface area contributed by atoms with Gasteiger partial charge in [-0.25, -0.2) is 15.0 Å². The number of fused-ring (bicyclic) bond motifs is 1. The van der Waals surface area contributed by atoms with Gasteiger partial charge in [-0.05, 0) is 12.1 Å². The maximum absolute atomic E-state index is 5.73. The Balaban J connectivity index is 2.14. The van der Waals surface area contributed by atoms with E-state index in [9.17, 15) is 0 Å².